The number of hydrogen-bond acceptors (Lipinski definition) is 3. The molecule has 3 aromatic rings. The van der Waals surface area contributed by atoms with Crippen molar-refractivity contribution >= 4 is 27.6 Å². The minimum Gasteiger partial charge on any atom is -0.479 e. The molecule has 4 nitrogen and oxygen atoms in total. The first-order valence-corrected chi connectivity index (χ1v) is 7.23. The maximum absolute atomic E-state index is 12.6. The highest BCUT2D eigenvalue weighted by molar-refractivity contribution is 7.14. The van der Waals surface area contributed by atoms with E-state index in [1.165, 1.54) is 15.5 Å². The van der Waals surface area contributed by atoms with E-state index in [1.54, 1.807) is 43.3 Å². The molecule has 1 atom stereocenters. The number of benzene rings is 2. The van der Waals surface area contributed by atoms with Crippen molar-refractivity contribution < 1.29 is 9.90 Å². The Morgan fingerprint density at radius 3 is 2.33 bits per heavy atom. The number of aliphatic carboxylic acids is 1. The van der Waals surface area contributed by atoms with Gasteiger partial charge in [0.1, 0.15) is 0 Å². The normalized spacial score (nSPS) is 14.0. The zero-order valence-electron chi connectivity index (χ0n) is 11.3. The quantitative estimate of drug-likeness (QED) is 0.809. The van der Waals surface area contributed by atoms with Crippen LogP contribution in [0.15, 0.2) is 59.4 Å². The van der Waals surface area contributed by atoms with Crippen molar-refractivity contribution in [1.29, 1.82) is 0 Å². The molecule has 1 heterocycles. The maximum atomic E-state index is 12.6. The predicted molar refractivity (Wildman–Crippen MR) is 82.9 cm³/mol. The van der Waals surface area contributed by atoms with Gasteiger partial charge >= 0.3 is 5.97 Å². The van der Waals surface area contributed by atoms with Gasteiger partial charge in [0.2, 0.25) is 0 Å². The van der Waals surface area contributed by atoms with Gasteiger partial charge in [-0.25, -0.2) is 8.75 Å². The molecule has 0 saturated carbocycles. The second-order valence-corrected chi connectivity index (χ2v) is 5.92. The Bertz CT molecular complexity index is 866. The molecule has 0 saturated heterocycles. The molecule has 3 rings (SSSR count). The van der Waals surface area contributed by atoms with E-state index in [1.807, 2.05) is 18.2 Å². The fourth-order valence-electron chi connectivity index (χ4n) is 2.36. The van der Waals surface area contributed by atoms with E-state index in [-0.39, 0.29) is 5.56 Å². The van der Waals surface area contributed by atoms with Crippen LogP contribution < -0.4 is 5.56 Å². The fourth-order valence-corrected chi connectivity index (χ4v) is 3.49. The van der Waals surface area contributed by atoms with Gasteiger partial charge in [0, 0.05) is 0 Å². The smallest absolute Gasteiger partial charge is 0.335 e. The molecule has 1 N–H and O–H groups in total. The van der Waals surface area contributed by atoms with Gasteiger partial charge in [0.05, 0.1) is 10.1 Å². The van der Waals surface area contributed by atoms with Crippen molar-refractivity contribution in [3.63, 3.8) is 0 Å². The van der Waals surface area contributed by atoms with Crippen molar-refractivity contribution in [2.24, 2.45) is 0 Å². The minimum absolute atomic E-state index is 0.274. The average Bonchev–Trinajstić information content (AvgIpc) is 2.85. The van der Waals surface area contributed by atoms with Crippen LogP contribution in [0.3, 0.4) is 0 Å². The summed E-state index contributed by atoms with van der Waals surface area (Å²) >= 11 is 1.18. The van der Waals surface area contributed by atoms with Gasteiger partial charge in [-0.3, -0.25) is 4.79 Å². The van der Waals surface area contributed by atoms with E-state index in [2.05, 4.69) is 0 Å². The van der Waals surface area contributed by atoms with E-state index in [4.69, 9.17) is 0 Å². The van der Waals surface area contributed by atoms with E-state index < -0.39 is 11.5 Å². The maximum Gasteiger partial charge on any atom is 0.335 e. The van der Waals surface area contributed by atoms with Gasteiger partial charge in [0.25, 0.3) is 5.56 Å². The molecule has 2 aromatic carbocycles. The molecule has 0 bridgehead atoms. The number of aromatic nitrogens is 1. The summed E-state index contributed by atoms with van der Waals surface area (Å²) in [4.78, 5) is 24.5. The molecule has 0 spiro atoms. The lowest BCUT2D eigenvalue weighted by molar-refractivity contribution is -0.144. The van der Waals surface area contributed by atoms with Gasteiger partial charge in [-0.1, -0.05) is 54.0 Å². The van der Waals surface area contributed by atoms with Gasteiger partial charge in [-0.05, 0) is 24.6 Å². The van der Waals surface area contributed by atoms with Crippen molar-refractivity contribution in [3.05, 3.63) is 70.5 Å². The first kappa shape index (κ1) is 13.6. The van der Waals surface area contributed by atoms with Gasteiger partial charge < -0.3 is 5.11 Å². The second-order valence-electron chi connectivity index (χ2n) is 4.93. The van der Waals surface area contributed by atoms with Crippen molar-refractivity contribution in [2.45, 2.75) is 12.5 Å². The van der Waals surface area contributed by atoms with Crippen LogP contribution in [0.4, 0.5) is 0 Å². The molecular formula is C16H13NO3S. The number of nitrogens with zero attached hydrogens (tertiary/aromatic N) is 1. The van der Waals surface area contributed by atoms with Gasteiger partial charge in [0.15, 0.2) is 5.54 Å². The van der Waals surface area contributed by atoms with Gasteiger partial charge in [-0.15, -0.1) is 0 Å². The van der Waals surface area contributed by atoms with Crippen LogP contribution in [-0.2, 0) is 10.3 Å². The standard InChI is InChI=1S/C16H13NO3S/c1-16(15(19)20,11-7-3-2-4-8-11)17-14(18)12-9-5-6-10-13(12)21-17/h2-10H,1H3,(H,19,20). The summed E-state index contributed by atoms with van der Waals surface area (Å²) in [6, 6.07) is 16.0. The Hall–Kier alpha value is -2.40. The third-order valence-corrected chi connectivity index (χ3v) is 4.92. The molecule has 5 heteroatoms. The molecule has 0 radical (unpaired) electrons. The summed E-state index contributed by atoms with van der Waals surface area (Å²) in [5.41, 5.74) is -1.11. The highest BCUT2D eigenvalue weighted by Crippen LogP contribution is 2.30. The SMILES string of the molecule is CC(C(=O)O)(c1ccccc1)n1sc2ccccc2c1=O. The zero-order chi connectivity index (χ0) is 15.0. The third kappa shape index (κ3) is 1.97. The molecular weight excluding hydrogens is 286 g/mol. The molecule has 21 heavy (non-hydrogen) atoms. The summed E-state index contributed by atoms with van der Waals surface area (Å²) in [5, 5.41) is 10.3. The number of carbonyl (C=O) groups is 1. The number of carboxylic acid groups (broad SMARTS) is 1. The predicted octanol–water partition coefficient (Wildman–Crippen LogP) is 2.91. The van der Waals surface area contributed by atoms with Crippen molar-refractivity contribution in [1.82, 2.24) is 3.96 Å². The largest absolute Gasteiger partial charge is 0.479 e. The van der Waals surface area contributed by atoms with E-state index in [9.17, 15) is 14.7 Å². The van der Waals surface area contributed by atoms with Crippen LogP contribution in [0.1, 0.15) is 12.5 Å². The third-order valence-electron chi connectivity index (χ3n) is 3.65. The molecule has 0 aliphatic rings. The molecule has 1 unspecified atom stereocenters. The van der Waals surface area contributed by atoms with E-state index >= 15 is 0 Å². The Morgan fingerprint density at radius 2 is 1.71 bits per heavy atom. The number of carboxylic acids is 1. The lowest BCUT2D eigenvalue weighted by Gasteiger charge is -2.25. The molecule has 1 aromatic heterocycles. The van der Waals surface area contributed by atoms with Crippen LogP contribution in [0.5, 0.6) is 0 Å². The van der Waals surface area contributed by atoms with Gasteiger partial charge in [-0.2, -0.15) is 0 Å². The summed E-state index contributed by atoms with van der Waals surface area (Å²) in [6.45, 7) is 1.56. The number of fused-ring (bicyclic) bond motifs is 1. The summed E-state index contributed by atoms with van der Waals surface area (Å²) in [7, 11) is 0. The molecule has 0 aliphatic heterocycles. The minimum atomic E-state index is -1.41. The van der Waals surface area contributed by atoms with Crippen LogP contribution in [0, 0.1) is 0 Å². The summed E-state index contributed by atoms with van der Waals surface area (Å²) in [5.74, 6) is -1.05. The van der Waals surface area contributed by atoms with Crippen LogP contribution in [0.25, 0.3) is 10.1 Å². The van der Waals surface area contributed by atoms with Crippen molar-refractivity contribution in [2.75, 3.05) is 0 Å². The van der Waals surface area contributed by atoms with Crippen molar-refractivity contribution in [3.8, 4) is 0 Å². The van der Waals surface area contributed by atoms with E-state index in [0.29, 0.717) is 10.9 Å². The monoisotopic (exact) mass is 299 g/mol. The fraction of sp³-hybridized carbons (Fsp3) is 0.125. The number of rotatable bonds is 3. The molecule has 0 amide bonds. The average molecular weight is 299 g/mol. The number of hydrogen-bond donors (Lipinski definition) is 1. The Labute approximate surface area is 125 Å². The first-order chi connectivity index (χ1) is 10.0. The van der Waals surface area contributed by atoms with Crippen LogP contribution in [-0.4, -0.2) is 15.0 Å². The summed E-state index contributed by atoms with van der Waals surface area (Å²) in [6.07, 6.45) is 0. The zero-order valence-corrected chi connectivity index (χ0v) is 12.1. The first-order valence-electron chi connectivity index (χ1n) is 6.45. The topological polar surface area (TPSA) is 59.3 Å². The molecule has 106 valence electrons. The second kappa shape index (κ2) is 4.86. The lowest BCUT2D eigenvalue weighted by Crippen LogP contribution is -2.43. The Balaban J connectivity index is 2.33. The van der Waals surface area contributed by atoms with E-state index in [0.717, 1.165) is 4.70 Å². The highest BCUT2D eigenvalue weighted by atomic mass is 32.1. The highest BCUT2D eigenvalue weighted by Gasteiger charge is 2.39. The molecule has 0 aliphatic carbocycles. The molecule has 0 fully saturated rings. The Kier molecular flexibility index (Phi) is 3.14. The Morgan fingerprint density at radius 1 is 1.10 bits per heavy atom. The lowest BCUT2D eigenvalue weighted by atomic mass is 9.92. The summed E-state index contributed by atoms with van der Waals surface area (Å²) < 4.78 is 2.13. The van der Waals surface area contributed by atoms with Crippen LogP contribution in [0.2, 0.25) is 0 Å². The van der Waals surface area contributed by atoms with Crippen LogP contribution >= 0.6 is 11.5 Å².